The largest absolute Gasteiger partial charge is 0.281 e. The van der Waals surface area contributed by atoms with E-state index < -0.39 is 0 Å². The summed E-state index contributed by atoms with van der Waals surface area (Å²) >= 11 is 0. The van der Waals surface area contributed by atoms with Crippen LogP contribution in [0.4, 0.5) is 0 Å². The Kier molecular flexibility index (Phi) is 1100. The summed E-state index contributed by atoms with van der Waals surface area (Å²) in [6.07, 6.45) is 2.90. The van der Waals surface area contributed by atoms with Crippen LogP contribution in [0.3, 0.4) is 0 Å². The van der Waals surface area contributed by atoms with Crippen LogP contribution in [0.2, 0.25) is 0 Å². The van der Waals surface area contributed by atoms with Crippen molar-refractivity contribution in [3.05, 3.63) is 0 Å². The molecule has 0 atom stereocenters. The average Bonchev–Trinajstić information content (AvgIpc) is 2.47. The number of nitrogens with zero attached hydrogens (tertiary/aromatic N) is 1. The fourth-order valence-electron chi connectivity index (χ4n) is 0.256. The van der Waals surface area contributed by atoms with E-state index in [1.54, 1.807) is 0 Å². The van der Waals surface area contributed by atoms with Crippen LogP contribution in [-0.2, 0) is 45.0 Å². The smallest absolute Gasteiger partial charge is 0.281 e. The average molecular weight is 407 g/mol. The summed E-state index contributed by atoms with van der Waals surface area (Å²) < 4.78 is 0. The molecule has 0 unspecified atom stereocenters. The quantitative estimate of drug-likeness (QED) is 0.583. The Labute approximate surface area is 117 Å². The van der Waals surface area contributed by atoms with E-state index in [0.717, 1.165) is 19.3 Å². The normalized spacial score (nSPS) is 3.76. The second kappa shape index (κ2) is 416. The topological polar surface area (TPSA) is 109 Å². The SMILES string of the molecule is CCCCC#N.[C]=O.[C]=O.[C]=O.[C]=O.[C]=O.[W]. The Morgan fingerprint density at radius 1 is 0.824 bits per heavy atom. The molecule has 0 heterocycles. The van der Waals surface area contributed by atoms with Gasteiger partial charge < -0.3 is 0 Å². The van der Waals surface area contributed by atoms with Crippen molar-refractivity contribution in [2.75, 3.05) is 0 Å². The van der Waals surface area contributed by atoms with Gasteiger partial charge in [0.2, 0.25) is 0 Å². The molecule has 0 aliphatic heterocycles. The fourth-order valence-corrected chi connectivity index (χ4v) is 0.256. The van der Waals surface area contributed by atoms with Crippen LogP contribution in [0.25, 0.3) is 0 Å². The van der Waals surface area contributed by atoms with Gasteiger partial charge in [-0.3, -0.25) is 24.0 Å². The Morgan fingerprint density at radius 3 is 1.12 bits per heavy atom. The maximum absolute atomic E-state index is 7.95. The Balaban J connectivity index is -0.0000000158. The standard InChI is InChI=1S/C5H9N.5CO.W/c1-2-3-4-5-6;5*1-2;/h2-4H2,1H3;;;;;;. The van der Waals surface area contributed by atoms with Crippen LogP contribution in [0.5, 0.6) is 0 Å². The van der Waals surface area contributed by atoms with E-state index in [1.807, 2.05) is 0 Å². The van der Waals surface area contributed by atoms with Crippen LogP contribution >= 0.6 is 0 Å². The van der Waals surface area contributed by atoms with Gasteiger partial charge in [0.1, 0.15) is 0 Å². The third-order valence-electron chi connectivity index (χ3n) is 0.642. The van der Waals surface area contributed by atoms with E-state index in [0.29, 0.717) is 0 Å². The summed E-state index contributed by atoms with van der Waals surface area (Å²) in [5.41, 5.74) is 0. The van der Waals surface area contributed by atoms with E-state index in [-0.39, 0.29) is 21.1 Å². The van der Waals surface area contributed by atoms with E-state index in [2.05, 4.69) is 46.9 Å². The summed E-state index contributed by atoms with van der Waals surface area (Å²) in [4.78, 5) is 37.5. The zero-order chi connectivity index (χ0) is 14.8. The first-order valence-corrected chi connectivity index (χ1v) is 3.30. The molecule has 6 nitrogen and oxygen atoms in total. The maximum Gasteiger partial charge on any atom is 0.281 e. The molecule has 0 aliphatic rings. The first-order chi connectivity index (χ1) is 7.91. The molecule has 0 N–H and O–H groups in total. The number of hydrogen-bond donors (Lipinski definition) is 0. The van der Waals surface area contributed by atoms with Crippen molar-refractivity contribution in [2.24, 2.45) is 0 Å². The monoisotopic (exact) mass is 407 g/mol. The van der Waals surface area contributed by atoms with E-state index in [4.69, 9.17) is 29.2 Å². The van der Waals surface area contributed by atoms with Crippen molar-refractivity contribution in [3.8, 4) is 6.07 Å². The van der Waals surface area contributed by atoms with Gasteiger partial charge in [0.15, 0.2) is 0 Å². The second-order valence-corrected chi connectivity index (χ2v) is 1.26. The Bertz CT molecular complexity index is 110. The predicted octanol–water partition coefficient (Wildman–Crippen LogP) is -0.288. The fraction of sp³-hybridized carbons (Fsp3) is 0.400. The van der Waals surface area contributed by atoms with Crippen molar-refractivity contribution in [1.82, 2.24) is 0 Å². The Hall–Kier alpha value is -1.47. The minimum Gasteiger partial charge on any atom is -0.281 e. The molecular formula is C10H9NO5W. The molecule has 0 saturated carbocycles. The van der Waals surface area contributed by atoms with Crippen LogP contribution in [0, 0.1) is 11.3 Å². The first kappa shape index (κ1) is 45.1. The molecule has 0 bridgehead atoms. The number of unbranched alkanes of at least 4 members (excludes halogenated alkanes) is 2. The molecule has 0 aromatic carbocycles. The molecule has 0 fully saturated rings. The van der Waals surface area contributed by atoms with Gasteiger partial charge in [-0.2, -0.15) is 5.26 Å². The molecule has 0 spiro atoms. The van der Waals surface area contributed by atoms with Gasteiger partial charge >= 0.3 is 0 Å². The van der Waals surface area contributed by atoms with Crippen molar-refractivity contribution in [2.45, 2.75) is 26.2 Å². The molecule has 0 saturated heterocycles. The van der Waals surface area contributed by atoms with Crippen LogP contribution < -0.4 is 0 Å². The first-order valence-electron chi connectivity index (χ1n) is 3.30. The molecule has 0 aliphatic carbocycles. The molecule has 10 radical (unpaired) electrons. The minimum atomic E-state index is 0. The van der Waals surface area contributed by atoms with Crippen molar-refractivity contribution in [1.29, 1.82) is 5.26 Å². The molecule has 0 rings (SSSR count). The minimum absolute atomic E-state index is 0. The van der Waals surface area contributed by atoms with Crippen LogP contribution in [0.15, 0.2) is 0 Å². The third-order valence-corrected chi connectivity index (χ3v) is 0.642. The molecule has 0 amide bonds. The van der Waals surface area contributed by atoms with Gasteiger partial charge in [0.25, 0.3) is 33.9 Å². The van der Waals surface area contributed by atoms with Gasteiger partial charge in [-0.25, -0.2) is 0 Å². The summed E-state index contributed by atoms with van der Waals surface area (Å²) in [6.45, 7) is 24.6. The van der Waals surface area contributed by atoms with Gasteiger partial charge in [-0.1, -0.05) is 13.3 Å². The van der Waals surface area contributed by atoms with E-state index in [9.17, 15) is 0 Å². The zero-order valence-corrected chi connectivity index (χ0v) is 12.0. The molecule has 17 heavy (non-hydrogen) atoms. The Morgan fingerprint density at radius 2 is 1.06 bits per heavy atom. The molecular weight excluding hydrogens is 398 g/mol. The van der Waals surface area contributed by atoms with Gasteiger partial charge in [0, 0.05) is 27.5 Å². The molecule has 0 aromatic rings. The van der Waals surface area contributed by atoms with Gasteiger partial charge in [-0.05, 0) is 6.42 Å². The number of hydrogen-bond acceptors (Lipinski definition) is 6. The van der Waals surface area contributed by atoms with Crippen molar-refractivity contribution >= 4 is 33.9 Å². The number of rotatable bonds is 2. The summed E-state index contributed by atoms with van der Waals surface area (Å²) in [5, 5.41) is 7.95. The number of nitriles is 1. The van der Waals surface area contributed by atoms with Gasteiger partial charge in [0.05, 0.1) is 6.07 Å². The number of carbonyl (C=O) groups excluding carboxylic acids is 5. The molecule has 0 aromatic heterocycles. The molecule has 7 heteroatoms. The summed E-state index contributed by atoms with van der Waals surface area (Å²) in [7, 11) is 0. The third kappa shape index (κ3) is 976. The summed E-state index contributed by atoms with van der Waals surface area (Å²) in [5.74, 6) is 0. The van der Waals surface area contributed by atoms with Crippen LogP contribution in [0.1, 0.15) is 26.2 Å². The van der Waals surface area contributed by atoms with Crippen molar-refractivity contribution in [3.63, 3.8) is 0 Å². The van der Waals surface area contributed by atoms with E-state index in [1.165, 1.54) is 0 Å². The maximum atomic E-state index is 7.95. The van der Waals surface area contributed by atoms with Gasteiger partial charge in [-0.15, -0.1) is 0 Å². The van der Waals surface area contributed by atoms with Crippen molar-refractivity contribution < 1.29 is 45.0 Å². The zero-order valence-electron chi connectivity index (χ0n) is 9.02. The van der Waals surface area contributed by atoms with Crippen LogP contribution in [-0.4, -0.2) is 33.9 Å². The summed E-state index contributed by atoms with van der Waals surface area (Å²) in [6, 6.07) is 2.07. The predicted molar refractivity (Wildman–Crippen MR) is 53.6 cm³/mol. The van der Waals surface area contributed by atoms with E-state index >= 15 is 0 Å². The molecule has 90 valence electrons. The second-order valence-electron chi connectivity index (χ2n) is 1.26.